The Morgan fingerprint density at radius 1 is 0.373 bits per heavy atom. The Balaban J connectivity index is 0.972. The topological polar surface area (TPSA) is 22.4 Å². The highest BCUT2D eigenvalue weighted by Gasteiger charge is 2.53. The SMILES string of the molecule is CC(C)(C)c1ccc2c(c1)C1(c3cc(C(C)(C)C)ccc3-2)c2ccccc2-c2c(-c3ccc4c(c3)-c3cccc5c(-c6cccc7oc8c9ccccc9ccc8c67)ccc(c35)O4)cccc21. The molecule has 320 valence electrons. The standard InChI is InChI=1S/C65H48O2/c1-63(2,3)39-26-29-44-45-30-27-40(64(4,5)6)36-55(45)65(54(44)35-39)52-21-10-9-16-49(52)59-41(17-12-22-53(59)65)38-25-32-56-51(34-38)48-19-11-18-46-43(31-33-58(66-56)60(46)48)47-20-13-23-57-61(47)50-28-24-37-14-7-8-15-42(37)62(50)67-57/h7-36H,1-6H3. The van der Waals surface area contributed by atoms with Gasteiger partial charge in [0, 0.05) is 27.1 Å². The molecule has 14 rings (SSSR count). The number of fused-ring (bicyclic) bond motifs is 17. The summed E-state index contributed by atoms with van der Waals surface area (Å²) in [4.78, 5) is 0. The quantitative estimate of drug-likeness (QED) is 0.173. The van der Waals surface area contributed by atoms with Gasteiger partial charge in [-0.1, -0.05) is 193 Å². The summed E-state index contributed by atoms with van der Waals surface area (Å²) in [6.45, 7) is 14.0. The van der Waals surface area contributed by atoms with Crippen LogP contribution in [0.2, 0.25) is 0 Å². The van der Waals surface area contributed by atoms with Crippen molar-refractivity contribution in [3.63, 3.8) is 0 Å². The Hall–Kier alpha value is -7.68. The molecule has 1 aliphatic heterocycles. The molecular weight excluding hydrogens is 813 g/mol. The number of furan rings is 1. The van der Waals surface area contributed by atoms with E-state index >= 15 is 0 Å². The Labute approximate surface area is 391 Å². The molecule has 0 atom stereocenters. The minimum absolute atomic E-state index is 0.00585. The molecule has 3 aliphatic rings. The van der Waals surface area contributed by atoms with Crippen molar-refractivity contribution in [2.45, 2.75) is 57.8 Å². The minimum Gasteiger partial charge on any atom is -0.456 e. The van der Waals surface area contributed by atoms with Gasteiger partial charge >= 0.3 is 0 Å². The molecule has 2 aliphatic carbocycles. The van der Waals surface area contributed by atoms with Crippen LogP contribution in [0.15, 0.2) is 186 Å². The average molecular weight is 861 g/mol. The fraction of sp³-hybridized carbons (Fsp3) is 0.138. The van der Waals surface area contributed by atoms with Gasteiger partial charge in [0.25, 0.3) is 0 Å². The molecule has 0 bridgehead atoms. The maximum Gasteiger partial charge on any atom is 0.143 e. The molecular formula is C65H48O2. The van der Waals surface area contributed by atoms with Gasteiger partial charge in [-0.2, -0.15) is 0 Å². The van der Waals surface area contributed by atoms with Gasteiger partial charge in [0.2, 0.25) is 0 Å². The summed E-state index contributed by atoms with van der Waals surface area (Å²) in [5.74, 6) is 1.75. The lowest BCUT2D eigenvalue weighted by atomic mass is 9.68. The third-order valence-corrected chi connectivity index (χ3v) is 15.4. The number of rotatable bonds is 2. The van der Waals surface area contributed by atoms with E-state index < -0.39 is 5.41 Å². The molecule has 0 unspecified atom stereocenters. The van der Waals surface area contributed by atoms with Crippen molar-refractivity contribution >= 4 is 43.5 Å². The van der Waals surface area contributed by atoms with Crippen LogP contribution in [0.4, 0.5) is 0 Å². The van der Waals surface area contributed by atoms with Gasteiger partial charge in [-0.25, -0.2) is 0 Å². The van der Waals surface area contributed by atoms with Crippen LogP contribution in [-0.4, -0.2) is 0 Å². The van der Waals surface area contributed by atoms with E-state index in [1.54, 1.807) is 0 Å². The number of hydrogen-bond acceptors (Lipinski definition) is 2. The van der Waals surface area contributed by atoms with Crippen LogP contribution < -0.4 is 4.74 Å². The van der Waals surface area contributed by atoms with Crippen LogP contribution in [0.5, 0.6) is 11.5 Å². The van der Waals surface area contributed by atoms with Crippen LogP contribution in [0.1, 0.15) is 74.9 Å². The van der Waals surface area contributed by atoms with E-state index in [2.05, 4.69) is 224 Å². The Bertz CT molecular complexity index is 3910. The fourth-order valence-corrected chi connectivity index (χ4v) is 12.2. The van der Waals surface area contributed by atoms with Gasteiger partial charge < -0.3 is 9.15 Å². The predicted octanol–water partition coefficient (Wildman–Crippen LogP) is 17.9. The molecule has 0 amide bonds. The lowest BCUT2D eigenvalue weighted by Crippen LogP contribution is -2.27. The van der Waals surface area contributed by atoms with Crippen LogP contribution in [0.3, 0.4) is 0 Å². The van der Waals surface area contributed by atoms with E-state index in [1.807, 2.05) is 0 Å². The molecule has 67 heavy (non-hydrogen) atoms. The monoisotopic (exact) mass is 860 g/mol. The van der Waals surface area contributed by atoms with Gasteiger partial charge in [0.15, 0.2) is 0 Å². The smallest absolute Gasteiger partial charge is 0.143 e. The Morgan fingerprint density at radius 2 is 0.985 bits per heavy atom. The van der Waals surface area contributed by atoms with E-state index in [9.17, 15) is 0 Å². The van der Waals surface area contributed by atoms with Gasteiger partial charge in [-0.05, 0) is 135 Å². The molecule has 2 nitrogen and oxygen atoms in total. The zero-order valence-electron chi connectivity index (χ0n) is 38.6. The van der Waals surface area contributed by atoms with E-state index in [4.69, 9.17) is 9.15 Å². The largest absolute Gasteiger partial charge is 0.456 e. The van der Waals surface area contributed by atoms with E-state index in [-0.39, 0.29) is 10.8 Å². The highest BCUT2D eigenvalue weighted by Crippen LogP contribution is 2.65. The van der Waals surface area contributed by atoms with Crippen molar-refractivity contribution < 1.29 is 9.15 Å². The second kappa shape index (κ2) is 13.2. The molecule has 0 saturated carbocycles. The van der Waals surface area contributed by atoms with E-state index in [0.717, 1.165) is 66.3 Å². The molecule has 0 N–H and O–H groups in total. The maximum atomic E-state index is 6.88. The van der Waals surface area contributed by atoms with Crippen LogP contribution in [0.25, 0.3) is 99.1 Å². The third kappa shape index (κ3) is 5.16. The zero-order chi connectivity index (χ0) is 45.1. The summed E-state index contributed by atoms with van der Waals surface area (Å²) in [6.07, 6.45) is 0. The summed E-state index contributed by atoms with van der Waals surface area (Å²) >= 11 is 0. The van der Waals surface area contributed by atoms with Crippen molar-refractivity contribution in [1.29, 1.82) is 0 Å². The number of hydrogen-bond donors (Lipinski definition) is 0. The van der Waals surface area contributed by atoms with Crippen molar-refractivity contribution in [3.8, 4) is 67.1 Å². The first-order valence-electron chi connectivity index (χ1n) is 23.7. The van der Waals surface area contributed by atoms with E-state index in [1.165, 1.54) is 77.7 Å². The summed E-state index contributed by atoms with van der Waals surface area (Å²) in [6, 6.07) is 68.1. The highest BCUT2D eigenvalue weighted by atomic mass is 16.5. The summed E-state index contributed by atoms with van der Waals surface area (Å²) < 4.78 is 13.5. The molecule has 2 heterocycles. The van der Waals surface area contributed by atoms with Crippen molar-refractivity contribution in [1.82, 2.24) is 0 Å². The lowest BCUT2D eigenvalue weighted by molar-refractivity contribution is 0.487. The van der Waals surface area contributed by atoms with Crippen molar-refractivity contribution in [2.75, 3.05) is 0 Å². The van der Waals surface area contributed by atoms with Gasteiger partial charge in [0.05, 0.1) is 5.41 Å². The number of benzene rings is 10. The first kappa shape index (κ1) is 38.6. The Morgan fingerprint density at radius 3 is 1.76 bits per heavy atom. The Kier molecular flexibility index (Phi) is 7.62. The zero-order valence-corrected chi connectivity index (χ0v) is 38.6. The van der Waals surface area contributed by atoms with Gasteiger partial charge in [-0.15, -0.1) is 0 Å². The lowest BCUT2D eigenvalue weighted by Gasteiger charge is -2.33. The summed E-state index contributed by atoms with van der Waals surface area (Å²) in [5, 5.41) is 6.86. The van der Waals surface area contributed by atoms with Crippen molar-refractivity contribution in [2.24, 2.45) is 0 Å². The van der Waals surface area contributed by atoms with Crippen molar-refractivity contribution in [3.05, 3.63) is 215 Å². The molecule has 1 spiro atoms. The third-order valence-electron chi connectivity index (χ3n) is 15.4. The minimum atomic E-state index is -0.469. The maximum absolute atomic E-state index is 6.88. The normalized spacial score (nSPS) is 14.1. The van der Waals surface area contributed by atoms with Crippen LogP contribution in [0, 0.1) is 0 Å². The molecule has 2 heteroatoms. The highest BCUT2D eigenvalue weighted by molar-refractivity contribution is 6.21. The molecule has 1 aromatic heterocycles. The van der Waals surface area contributed by atoms with Gasteiger partial charge in [0.1, 0.15) is 22.7 Å². The summed E-state index contributed by atoms with van der Waals surface area (Å²) in [5.41, 5.74) is 21.8. The molecule has 0 radical (unpaired) electrons. The van der Waals surface area contributed by atoms with E-state index in [0.29, 0.717) is 0 Å². The van der Waals surface area contributed by atoms with Crippen LogP contribution in [-0.2, 0) is 16.2 Å². The average Bonchev–Trinajstić information content (AvgIpc) is 3.98. The molecule has 11 aromatic rings. The first-order chi connectivity index (χ1) is 32.5. The number of ether oxygens (including phenoxy) is 1. The molecule has 10 aromatic carbocycles. The van der Waals surface area contributed by atoms with Crippen LogP contribution >= 0.6 is 0 Å². The fourth-order valence-electron chi connectivity index (χ4n) is 12.2. The second-order valence-electron chi connectivity index (χ2n) is 21.1. The summed E-state index contributed by atoms with van der Waals surface area (Å²) in [7, 11) is 0. The molecule has 0 saturated heterocycles. The first-order valence-corrected chi connectivity index (χ1v) is 23.7. The second-order valence-corrected chi connectivity index (χ2v) is 21.1. The molecule has 0 fully saturated rings. The van der Waals surface area contributed by atoms with Gasteiger partial charge in [-0.3, -0.25) is 0 Å². The predicted molar refractivity (Wildman–Crippen MR) is 279 cm³/mol.